The molecule has 18 heavy (non-hydrogen) atoms. The van der Waals surface area contributed by atoms with Crippen LogP contribution < -0.4 is 0 Å². The van der Waals surface area contributed by atoms with Gasteiger partial charge in [0.25, 0.3) is 10.2 Å². The first-order valence-electron chi connectivity index (χ1n) is 6.28. The van der Waals surface area contributed by atoms with Gasteiger partial charge in [-0.1, -0.05) is 6.92 Å². The van der Waals surface area contributed by atoms with Crippen molar-refractivity contribution in [2.45, 2.75) is 19.8 Å². The van der Waals surface area contributed by atoms with Crippen LogP contribution in [0.4, 0.5) is 0 Å². The maximum Gasteiger partial charge on any atom is 0.281 e. The molecule has 110 valence electrons. The molecular formula is C11H26ClN3O2S. The Kier molecular flexibility index (Phi) is 9.15. The van der Waals surface area contributed by atoms with Crippen LogP contribution in [0.15, 0.2) is 0 Å². The van der Waals surface area contributed by atoms with Crippen LogP contribution in [0.1, 0.15) is 19.8 Å². The SMILES string of the molecule is CCN(CCCN(C)C)S(=O)(=O)N(C)CCCCl. The van der Waals surface area contributed by atoms with Crippen molar-refractivity contribution in [3.63, 3.8) is 0 Å². The minimum Gasteiger partial charge on any atom is -0.309 e. The van der Waals surface area contributed by atoms with E-state index in [9.17, 15) is 8.42 Å². The van der Waals surface area contributed by atoms with E-state index in [2.05, 4.69) is 4.90 Å². The van der Waals surface area contributed by atoms with Gasteiger partial charge in [0.2, 0.25) is 0 Å². The molecule has 0 aliphatic rings. The molecule has 0 aromatic heterocycles. The molecule has 0 saturated carbocycles. The highest BCUT2D eigenvalue weighted by atomic mass is 35.5. The molecule has 0 aliphatic carbocycles. The standard InChI is InChI=1S/C11H26ClN3O2S/c1-5-15(11-7-9-13(2)3)18(16,17)14(4)10-6-8-12/h5-11H2,1-4H3. The molecule has 0 fully saturated rings. The average Bonchev–Trinajstić information content (AvgIpc) is 2.30. The van der Waals surface area contributed by atoms with Gasteiger partial charge in [-0.15, -0.1) is 11.6 Å². The molecule has 7 heteroatoms. The van der Waals surface area contributed by atoms with E-state index in [-0.39, 0.29) is 0 Å². The third kappa shape index (κ3) is 6.33. The van der Waals surface area contributed by atoms with Gasteiger partial charge in [-0.25, -0.2) is 0 Å². The summed E-state index contributed by atoms with van der Waals surface area (Å²) in [7, 11) is 2.24. The maximum absolute atomic E-state index is 12.2. The quantitative estimate of drug-likeness (QED) is 0.567. The molecule has 0 aromatic carbocycles. The van der Waals surface area contributed by atoms with Crippen LogP contribution in [0, 0.1) is 0 Å². The predicted molar refractivity (Wildman–Crippen MR) is 77.3 cm³/mol. The molecule has 0 radical (unpaired) electrons. The van der Waals surface area contributed by atoms with Crippen LogP contribution in [0.25, 0.3) is 0 Å². The topological polar surface area (TPSA) is 43.9 Å². The highest BCUT2D eigenvalue weighted by Gasteiger charge is 2.24. The van der Waals surface area contributed by atoms with Gasteiger partial charge >= 0.3 is 0 Å². The van der Waals surface area contributed by atoms with E-state index in [4.69, 9.17) is 11.6 Å². The molecule has 0 amide bonds. The Hall–Kier alpha value is 0.120. The molecule has 0 heterocycles. The van der Waals surface area contributed by atoms with Crippen LogP contribution in [-0.2, 0) is 10.2 Å². The molecular weight excluding hydrogens is 274 g/mol. The lowest BCUT2D eigenvalue weighted by molar-refractivity contribution is 0.334. The molecule has 0 saturated heterocycles. The van der Waals surface area contributed by atoms with E-state index < -0.39 is 10.2 Å². The molecule has 0 atom stereocenters. The highest BCUT2D eigenvalue weighted by molar-refractivity contribution is 7.86. The first kappa shape index (κ1) is 18.1. The molecule has 0 unspecified atom stereocenters. The second-order valence-electron chi connectivity index (χ2n) is 4.52. The van der Waals surface area contributed by atoms with Gasteiger partial charge < -0.3 is 4.90 Å². The largest absolute Gasteiger partial charge is 0.309 e. The van der Waals surface area contributed by atoms with Gasteiger partial charge in [-0.2, -0.15) is 17.0 Å². The Bertz CT molecular complexity index is 309. The fraction of sp³-hybridized carbons (Fsp3) is 1.00. The van der Waals surface area contributed by atoms with Gasteiger partial charge in [0.1, 0.15) is 0 Å². The first-order valence-corrected chi connectivity index (χ1v) is 8.21. The van der Waals surface area contributed by atoms with Gasteiger partial charge in [0, 0.05) is 32.6 Å². The first-order chi connectivity index (χ1) is 8.36. The lowest BCUT2D eigenvalue weighted by atomic mass is 10.4. The Morgan fingerprint density at radius 2 is 1.61 bits per heavy atom. The third-order valence-electron chi connectivity index (χ3n) is 2.69. The lowest BCUT2D eigenvalue weighted by Crippen LogP contribution is -2.43. The van der Waals surface area contributed by atoms with E-state index in [1.807, 2.05) is 21.0 Å². The van der Waals surface area contributed by atoms with Crippen LogP contribution in [0.5, 0.6) is 0 Å². The normalized spacial score (nSPS) is 12.9. The van der Waals surface area contributed by atoms with Crippen LogP contribution in [0.2, 0.25) is 0 Å². The smallest absolute Gasteiger partial charge is 0.281 e. The van der Waals surface area contributed by atoms with Crippen LogP contribution in [-0.4, -0.2) is 75.1 Å². The second kappa shape index (κ2) is 9.09. The van der Waals surface area contributed by atoms with Crippen LogP contribution in [0.3, 0.4) is 0 Å². The number of nitrogens with zero attached hydrogens (tertiary/aromatic N) is 3. The second-order valence-corrected chi connectivity index (χ2v) is 6.93. The van der Waals surface area contributed by atoms with Crippen molar-refractivity contribution in [3.05, 3.63) is 0 Å². The fourth-order valence-electron chi connectivity index (χ4n) is 1.59. The highest BCUT2D eigenvalue weighted by Crippen LogP contribution is 2.08. The molecule has 0 spiro atoms. The monoisotopic (exact) mass is 299 g/mol. The number of alkyl halides is 1. The van der Waals surface area contributed by atoms with E-state index >= 15 is 0 Å². The summed E-state index contributed by atoms with van der Waals surface area (Å²) in [5, 5.41) is 0. The van der Waals surface area contributed by atoms with Gasteiger partial charge in [0.05, 0.1) is 0 Å². The summed E-state index contributed by atoms with van der Waals surface area (Å²) in [6, 6.07) is 0. The number of hydrogen-bond acceptors (Lipinski definition) is 3. The van der Waals surface area contributed by atoms with E-state index in [0.29, 0.717) is 31.9 Å². The Labute approximate surface area is 117 Å². The van der Waals surface area contributed by atoms with Gasteiger partial charge in [0.15, 0.2) is 0 Å². The Morgan fingerprint density at radius 3 is 2.06 bits per heavy atom. The van der Waals surface area contributed by atoms with E-state index in [1.165, 1.54) is 8.61 Å². The van der Waals surface area contributed by atoms with Crippen LogP contribution >= 0.6 is 11.6 Å². The summed E-state index contributed by atoms with van der Waals surface area (Å²) in [5.74, 6) is 0.479. The van der Waals surface area contributed by atoms with E-state index in [1.54, 1.807) is 7.05 Å². The minimum atomic E-state index is -3.33. The van der Waals surface area contributed by atoms with Crippen molar-refractivity contribution in [1.29, 1.82) is 0 Å². The number of hydrogen-bond donors (Lipinski definition) is 0. The zero-order chi connectivity index (χ0) is 14.2. The van der Waals surface area contributed by atoms with Crippen molar-refractivity contribution >= 4 is 21.8 Å². The van der Waals surface area contributed by atoms with Gasteiger partial charge in [-0.05, 0) is 33.5 Å². The number of halogens is 1. The summed E-state index contributed by atoms with van der Waals surface area (Å²) >= 11 is 5.59. The summed E-state index contributed by atoms with van der Waals surface area (Å²) in [4.78, 5) is 2.05. The summed E-state index contributed by atoms with van der Waals surface area (Å²) in [6.07, 6.45) is 1.51. The average molecular weight is 300 g/mol. The van der Waals surface area contributed by atoms with Crippen molar-refractivity contribution in [1.82, 2.24) is 13.5 Å². The number of rotatable bonds is 10. The maximum atomic E-state index is 12.2. The van der Waals surface area contributed by atoms with Gasteiger partial charge in [-0.3, -0.25) is 0 Å². The molecule has 0 aliphatic heterocycles. The summed E-state index contributed by atoms with van der Waals surface area (Å²) in [6.45, 7) is 4.28. The Morgan fingerprint density at radius 1 is 1.00 bits per heavy atom. The zero-order valence-electron chi connectivity index (χ0n) is 11.9. The molecule has 0 rings (SSSR count). The van der Waals surface area contributed by atoms with Crippen molar-refractivity contribution in [3.8, 4) is 0 Å². The third-order valence-corrected chi connectivity index (χ3v) is 5.02. The lowest BCUT2D eigenvalue weighted by Gasteiger charge is -2.26. The Balaban J connectivity index is 4.41. The van der Waals surface area contributed by atoms with E-state index in [0.717, 1.165) is 13.0 Å². The van der Waals surface area contributed by atoms with Crippen molar-refractivity contribution in [2.24, 2.45) is 0 Å². The fourth-order valence-corrected chi connectivity index (χ4v) is 3.15. The molecule has 0 N–H and O–H groups in total. The minimum absolute atomic E-state index is 0.468. The van der Waals surface area contributed by atoms with Crippen molar-refractivity contribution < 1.29 is 8.42 Å². The van der Waals surface area contributed by atoms with Crippen molar-refractivity contribution in [2.75, 3.05) is 53.2 Å². The predicted octanol–water partition coefficient (Wildman–Crippen LogP) is 1.07. The zero-order valence-corrected chi connectivity index (χ0v) is 13.5. The molecule has 5 nitrogen and oxygen atoms in total. The summed E-state index contributed by atoms with van der Waals surface area (Å²) < 4.78 is 27.4. The summed E-state index contributed by atoms with van der Waals surface area (Å²) in [5.41, 5.74) is 0. The molecule has 0 aromatic rings. The molecule has 0 bridgehead atoms.